The second-order valence-electron chi connectivity index (χ2n) is 8.74. The number of hydrogen-bond acceptors (Lipinski definition) is 2. The van der Waals surface area contributed by atoms with Gasteiger partial charge in [0, 0.05) is 47.1 Å². The van der Waals surface area contributed by atoms with Gasteiger partial charge in [-0.05, 0) is 49.9 Å². The lowest BCUT2D eigenvalue weighted by molar-refractivity contribution is 0.437. The summed E-state index contributed by atoms with van der Waals surface area (Å²) < 4.78 is 2.24. The first-order valence-electron chi connectivity index (χ1n) is 11.1. The van der Waals surface area contributed by atoms with E-state index in [1.165, 1.54) is 60.0 Å². The molecule has 0 amide bonds. The van der Waals surface area contributed by atoms with E-state index in [1.54, 1.807) is 0 Å². The number of hydrogen-bond donors (Lipinski definition) is 1. The fraction of sp³-hybridized carbons (Fsp3) is 0.440. The van der Waals surface area contributed by atoms with E-state index in [0.29, 0.717) is 11.8 Å². The normalized spacial score (nSPS) is 15.7. The number of H-pyrrole nitrogens is 1. The Labute approximate surface area is 172 Å². The van der Waals surface area contributed by atoms with Gasteiger partial charge in [-0.25, -0.2) is 4.98 Å². The van der Waals surface area contributed by atoms with Gasteiger partial charge in [0.2, 0.25) is 0 Å². The predicted octanol–water partition coefficient (Wildman–Crippen LogP) is 6.77. The third kappa shape index (κ3) is 3.06. The molecule has 1 N–H and O–H groups in total. The summed E-state index contributed by atoms with van der Waals surface area (Å²) in [6, 6.07) is 8.71. The van der Waals surface area contributed by atoms with Crippen LogP contribution in [-0.4, -0.2) is 19.5 Å². The lowest BCUT2D eigenvalue weighted by Gasteiger charge is -2.21. The Morgan fingerprint density at radius 1 is 1.14 bits per heavy atom. The molecule has 0 radical (unpaired) electrons. The summed E-state index contributed by atoms with van der Waals surface area (Å²) in [4.78, 5) is 13.6. The van der Waals surface area contributed by atoms with E-state index < -0.39 is 0 Å². The highest BCUT2D eigenvalue weighted by Crippen LogP contribution is 2.39. The van der Waals surface area contributed by atoms with Crippen molar-refractivity contribution in [2.24, 2.45) is 0 Å². The molecule has 4 aromatic rings. The van der Waals surface area contributed by atoms with Gasteiger partial charge in [0.15, 0.2) is 0 Å². The van der Waals surface area contributed by atoms with Gasteiger partial charge in [-0.3, -0.25) is 4.98 Å². The third-order valence-electron chi connectivity index (χ3n) is 6.55. The van der Waals surface area contributed by atoms with E-state index >= 15 is 0 Å². The second-order valence-corrected chi connectivity index (χ2v) is 8.74. The van der Waals surface area contributed by atoms with Crippen molar-refractivity contribution in [2.45, 2.75) is 71.3 Å². The molecule has 5 rings (SSSR count). The topological polar surface area (TPSA) is 46.5 Å². The summed E-state index contributed by atoms with van der Waals surface area (Å²) in [7, 11) is 0. The molecule has 0 atom stereocenters. The minimum Gasteiger partial charge on any atom is -0.353 e. The molecule has 0 aliphatic heterocycles. The Kier molecular flexibility index (Phi) is 4.65. The number of rotatable bonds is 4. The van der Waals surface area contributed by atoms with Gasteiger partial charge < -0.3 is 9.55 Å². The molecule has 1 aliphatic carbocycles. The molecular formula is C25H30N4. The first-order valence-corrected chi connectivity index (χ1v) is 11.1. The molecular weight excluding hydrogens is 356 g/mol. The molecule has 1 saturated carbocycles. The van der Waals surface area contributed by atoms with Crippen molar-refractivity contribution in [3.05, 3.63) is 47.9 Å². The van der Waals surface area contributed by atoms with Crippen molar-refractivity contribution >= 4 is 22.1 Å². The summed E-state index contributed by atoms with van der Waals surface area (Å²) >= 11 is 0. The first-order chi connectivity index (χ1) is 14.2. The van der Waals surface area contributed by atoms with Gasteiger partial charge in [0.25, 0.3) is 0 Å². The van der Waals surface area contributed by atoms with Crippen LogP contribution in [0.2, 0.25) is 0 Å². The van der Waals surface area contributed by atoms with Crippen LogP contribution in [0.4, 0.5) is 0 Å². The van der Waals surface area contributed by atoms with Crippen LogP contribution < -0.4 is 0 Å². The van der Waals surface area contributed by atoms with Crippen molar-refractivity contribution < 1.29 is 0 Å². The molecule has 150 valence electrons. The molecule has 4 heterocycles. The Balaban J connectivity index is 1.71. The number of aromatic amines is 1. The molecule has 4 aromatic heterocycles. The number of aryl methyl sites for hydroxylation is 1. The monoisotopic (exact) mass is 386 g/mol. The zero-order chi connectivity index (χ0) is 20.0. The Morgan fingerprint density at radius 2 is 1.97 bits per heavy atom. The van der Waals surface area contributed by atoms with Crippen molar-refractivity contribution in [1.29, 1.82) is 0 Å². The highest BCUT2D eigenvalue weighted by Gasteiger charge is 2.23. The van der Waals surface area contributed by atoms with Crippen LogP contribution >= 0.6 is 0 Å². The molecule has 4 nitrogen and oxygen atoms in total. The van der Waals surface area contributed by atoms with E-state index in [1.807, 2.05) is 12.3 Å². The largest absolute Gasteiger partial charge is 0.353 e. The molecule has 0 unspecified atom stereocenters. The SMILES string of the molecule is CCn1cc(-c2[nH]c3ccc(C4CCCCC4)nc3c2C(C)C)c2cccnc21. The number of pyridine rings is 2. The average Bonchev–Trinajstić information content (AvgIpc) is 3.32. The maximum Gasteiger partial charge on any atom is 0.140 e. The van der Waals surface area contributed by atoms with E-state index in [4.69, 9.17) is 4.98 Å². The lowest BCUT2D eigenvalue weighted by Crippen LogP contribution is -2.06. The van der Waals surface area contributed by atoms with Crippen molar-refractivity contribution in [2.75, 3.05) is 0 Å². The van der Waals surface area contributed by atoms with Crippen LogP contribution in [-0.2, 0) is 6.54 Å². The number of aromatic nitrogens is 4. The van der Waals surface area contributed by atoms with Crippen molar-refractivity contribution in [3.63, 3.8) is 0 Å². The summed E-state index contributed by atoms with van der Waals surface area (Å²) in [6.07, 6.45) is 10.7. The Morgan fingerprint density at radius 3 is 2.72 bits per heavy atom. The first kappa shape index (κ1) is 18.4. The number of nitrogens with one attached hydrogen (secondary N) is 1. The molecule has 1 fully saturated rings. The zero-order valence-corrected chi connectivity index (χ0v) is 17.7. The smallest absolute Gasteiger partial charge is 0.140 e. The Hall–Kier alpha value is -2.62. The van der Waals surface area contributed by atoms with Gasteiger partial charge in [0.1, 0.15) is 5.65 Å². The number of fused-ring (bicyclic) bond motifs is 2. The molecule has 0 bridgehead atoms. The van der Waals surface area contributed by atoms with Crippen LogP contribution in [0.15, 0.2) is 36.7 Å². The molecule has 0 aromatic carbocycles. The predicted molar refractivity (Wildman–Crippen MR) is 120 cm³/mol. The zero-order valence-electron chi connectivity index (χ0n) is 17.7. The molecule has 0 saturated heterocycles. The van der Waals surface area contributed by atoms with Crippen LogP contribution in [0, 0.1) is 0 Å². The van der Waals surface area contributed by atoms with E-state index in [0.717, 1.165) is 23.2 Å². The van der Waals surface area contributed by atoms with Crippen LogP contribution in [0.5, 0.6) is 0 Å². The summed E-state index contributed by atoms with van der Waals surface area (Å²) in [5.74, 6) is 1.02. The minimum atomic E-state index is 0.393. The number of nitrogens with zero attached hydrogens (tertiary/aromatic N) is 3. The van der Waals surface area contributed by atoms with Crippen LogP contribution in [0.25, 0.3) is 33.3 Å². The fourth-order valence-corrected chi connectivity index (χ4v) is 5.06. The summed E-state index contributed by atoms with van der Waals surface area (Å²) in [6.45, 7) is 7.63. The quantitative estimate of drug-likeness (QED) is 0.420. The van der Waals surface area contributed by atoms with E-state index in [2.05, 4.69) is 59.7 Å². The van der Waals surface area contributed by atoms with Gasteiger partial charge in [-0.1, -0.05) is 33.1 Å². The standard InChI is InChI=1S/C25H30N4/c1-4-29-15-19(18-11-8-14-26-25(18)29)23-22(16(2)3)24-21(28-23)13-12-20(27-24)17-9-6-5-7-10-17/h8,11-17,28H,4-7,9-10H2,1-3H3. The van der Waals surface area contributed by atoms with Crippen molar-refractivity contribution in [3.8, 4) is 11.3 Å². The molecule has 29 heavy (non-hydrogen) atoms. The van der Waals surface area contributed by atoms with Gasteiger partial charge >= 0.3 is 0 Å². The molecule has 0 spiro atoms. The highest BCUT2D eigenvalue weighted by atomic mass is 15.0. The maximum atomic E-state index is 5.22. The van der Waals surface area contributed by atoms with Crippen LogP contribution in [0.3, 0.4) is 0 Å². The van der Waals surface area contributed by atoms with Gasteiger partial charge in [-0.2, -0.15) is 0 Å². The van der Waals surface area contributed by atoms with Crippen LogP contribution in [0.1, 0.15) is 76.0 Å². The summed E-state index contributed by atoms with van der Waals surface area (Å²) in [5.41, 5.74) is 8.39. The maximum absolute atomic E-state index is 5.22. The Bertz CT molecular complexity index is 1160. The van der Waals surface area contributed by atoms with E-state index in [9.17, 15) is 0 Å². The highest BCUT2D eigenvalue weighted by molar-refractivity contribution is 5.98. The minimum absolute atomic E-state index is 0.393. The lowest BCUT2D eigenvalue weighted by atomic mass is 9.86. The van der Waals surface area contributed by atoms with Gasteiger partial charge in [0.05, 0.1) is 16.7 Å². The average molecular weight is 387 g/mol. The fourth-order valence-electron chi connectivity index (χ4n) is 5.06. The molecule has 4 heteroatoms. The van der Waals surface area contributed by atoms with E-state index in [-0.39, 0.29) is 0 Å². The second kappa shape index (κ2) is 7.33. The third-order valence-corrected chi connectivity index (χ3v) is 6.55. The molecule has 1 aliphatic rings. The van der Waals surface area contributed by atoms with Gasteiger partial charge in [-0.15, -0.1) is 0 Å². The summed E-state index contributed by atoms with van der Waals surface area (Å²) in [5, 5.41) is 1.20. The van der Waals surface area contributed by atoms with Crippen molar-refractivity contribution in [1.82, 2.24) is 19.5 Å².